The van der Waals surface area contributed by atoms with Gasteiger partial charge in [-0.2, -0.15) is 13.2 Å². The van der Waals surface area contributed by atoms with Crippen LogP contribution in [0.25, 0.3) is 0 Å². The van der Waals surface area contributed by atoms with Crippen LogP contribution in [0.3, 0.4) is 0 Å². The fraction of sp³-hybridized carbons (Fsp3) is 0.312. The number of alkyl halides is 3. The molecule has 0 bridgehead atoms. The van der Waals surface area contributed by atoms with Gasteiger partial charge >= 0.3 is 6.18 Å². The topological polar surface area (TPSA) is 90.0 Å². The lowest BCUT2D eigenvalue weighted by Crippen LogP contribution is -2.61. The number of piperidine rings is 1. The second-order valence-corrected chi connectivity index (χ2v) is 11.0. The lowest BCUT2D eigenvalue weighted by molar-refractivity contribution is -0.190. The van der Waals surface area contributed by atoms with E-state index in [2.05, 4.69) is 5.32 Å². The number of amides is 4. The maximum atomic E-state index is 14.6. The van der Waals surface area contributed by atoms with Crippen molar-refractivity contribution in [3.05, 3.63) is 107 Å². The fourth-order valence-corrected chi connectivity index (χ4v) is 6.32. The van der Waals surface area contributed by atoms with Gasteiger partial charge in [0.05, 0.1) is 6.04 Å². The number of imide groups is 1. The number of benzene rings is 3. The molecule has 4 amide bonds. The number of piperazine rings is 1. The monoisotopic (exact) mass is 590 g/mol. The zero-order valence-corrected chi connectivity index (χ0v) is 23.1. The van der Waals surface area contributed by atoms with Gasteiger partial charge < -0.3 is 9.80 Å². The van der Waals surface area contributed by atoms with Gasteiger partial charge in [-0.25, -0.2) is 0 Å². The number of hydrogen-bond donors (Lipinski definition) is 1. The van der Waals surface area contributed by atoms with Gasteiger partial charge in [-0.05, 0) is 41.3 Å². The van der Waals surface area contributed by atoms with Crippen LogP contribution in [0.1, 0.15) is 56.3 Å². The van der Waals surface area contributed by atoms with Crippen LogP contribution in [-0.4, -0.2) is 76.2 Å². The highest BCUT2D eigenvalue weighted by molar-refractivity contribution is 6.06. The molecular formula is C32H29F3N4O4. The Labute approximate surface area is 246 Å². The van der Waals surface area contributed by atoms with Crippen LogP contribution in [0.4, 0.5) is 13.2 Å². The fourth-order valence-electron chi connectivity index (χ4n) is 6.32. The summed E-state index contributed by atoms with van der Waals surface area (Å²) in [5, 5.41) is 2.23. The van der Waals surface area contributed by atoms with Crippen LogP contribution < -0.4 is 5.32 Å². The number of hydrogen-bond acceptors (Lipinski definition) is 5. The van der Waals surface area contributed by atoms with E-state index < -0.39 is 54.5 Å². The molecule has 222 valence electrons. The summed E-state index contributed by atoms with van der Waals surface area (Å²) in [5.41, 5.74) is 2.50. The number of nitrogens with zero attached hydrogens (tertiary/aromatic N) is 3. The molecule has 2 atom stereocenters. The molecule has 2 fully saturated rings. The lowest BCUT2D eigenvalue weighted by atomic mass is 9.95. The molecule has 11 heteroatoms. The van der Waals surface area contributed by atoms with E-state index in [9.17, 15) is 32.3 Å². The molecule has 0 radical (unpaired) electrons. The van der Waals surface area contributed by atoms with Crippen molar-refractivity contribution in [1.82, 2.24) is 20.0 Å². The van der Waals surface area contributed by atoms with Gasteiger partial charge in [0.25, 0.3) is 11.8 Å². The zero-order valence-electron chi connectivity index (χ0n) is 23.1. The minimum Gasteiger partial charge on any atom is -0.324 e. The average molecular weight is 591 g/mol. The van der Waals surface area contributed by atoms with E-state index in [4.69, 9.17) is 0 Å². The van der Waals surface area contributed by atoms with E-state index >= 15 is 0 Å². The van der Waals surface area contributed by atoms with E-state index in [1.807, 2.05) is 60.7 Å². The van der Waals surface area contributed by atoms with Gasteiger partial charge in [-0.1, -0.05) is 60.7 Å². The zero-order chi connectivity index (χ0) is 30.3. The minimum atomic E-state index is -4.68. The Morgan fingerprint density at radius 2 is 1.53 bits per heavy atom. The third-order valence-corrected chi connectivity index (χ3v) is 8.42. The molecule has 3 heterocycles. The van der Waals surface area contributed by atoms with Crippen molar-refractivity contribution in [3.63, 3.8) is 0 Å². The number of nitrogens with one attached hydrogen (secondary N) is 1. The molecular weight excluding hydrogens is 561 g/mol. The Hall–Kier alpha value is -4.51. The Morgan fingerprint density at radius 3 is 2.14 bits per heavy atom. The van der Waals surface area contributed by atoms with Crippen molar-refractivity contribution < 1.29 is 32.3 Å². The first-order valence-corrected chi connectivity index (χ1v) is 14.1. The summed E-state index contributed by atoms with van der Waals surface area (Å²) >= 11 is 0. The number of carbonyl (C=O) groups is 4. The molecule has 6 rings (SSSR count). The van der Waals surface area contributed by atoms with Crippen molar-refractivity contribution in [1.29, 1.82) is 0 Å². The summed E-state index contributed by atoms with van der Waals surface area (Å²) < 4.78 is 43.7. The van der Waals surface area contributed by atoms with E-state index in [0.717, 1.165) is 16.0 Å². The van der Waals surface area contributed by atoms with Crippen LogP contribution in [0.2, 0.25) is 0 Å². The predicted molar refractivity (Wildman–Crippen MR) is 150 cm³/mol. The summed E-state index contributed by atoms with van der Waals surface area (Å²) in [7, 11) is 0. The largest absolute Gasteiger partial charge is 0.410 e. The molecule has 3 aliphatic heterocycles. The average Bonchev–Trinajstić information content (AvgIpc) is 3.32. The summed E-state index contributed by atoms with van der Waals surface area (Å²) in [5.74, 6) is -2.16. The molecule has 8 nitrogen and oxygen atoms in total. The molecule has 0 aromatic heterocycles. The Morgan fingerprint density at radius 1 is 0.884 bits per heavy atom. The first kappa shape index (κ1) is 28.6. The van der Waals surface area contributed by atoms with E-state index in [0.29, 0.717) is 5.56 Å². The van der Waals surface area contributed by atoms with Gasteiger partial charge in [-0.15, -0.1) is 0 Å². The normalized spacial score (nSPS) is 21.3. The van der Waals surface area contributed by atoms with Crippen LogP contribution in [0, 0.1) is 0 Å². The van der Waals surface area contributed by atoms with E-state index in [1.54, 1.807) is 4.90 Å². The van der Waals surface area contributed by atoms with Crippen LogP contribution in [0.5, 0.6) is 0 Å². The van der Waals surface area contributed by atoms with Crippen molar-refractivity contribution in [2.75, 3.05) is 19.6 Å². The molecule has 1 N–H and O–H groups in total. The van der Waals surface area contributed by atoms with Crippen LogP contribution in [0.15, 0.2) is 78.9 Å². The number of carbonyl (C=O) groups excluding carboxylic acids is 4. The summed E-state index contributed by atoms with van der Waals surface area (Å²) in [6, 6.07) is 19.6. The lowest BCUT2D eigenvalue weighted by Gasteiger charge is -2.45. The van der Waals surface area contributed by atoms with Gasteiger partial charge in [0, 0.05) is 43.7 Å². The summed E-state index contributed by atoms with van der Waals surface area (Å²) in [4.78, 5) is 54.6. The molecule has 2 unspecified atom stereocenters. The molecule has 0 saturated carbocycles. The maximum absolute atomic E-state index is 14.6. The minimum absolute atomic E-state index is 0.0217. The molecule has 43 heavy (non-hydrogen) atoms. The first-order chi connectivity index (χ1) is 20.6. The Kier molecular flexibility index (Phi) is 7.51. The van der Waals surface area contributed by atoms with Crippen LogP contribution in [-0.2, 0) is 16.1 Å². The third-order valence-electron chi connectivity index (χ3n) is 8.42. The van der Waals surface area contributed by atoms with Gasteiger partial charge in [-0.3, -0.25) is 29.4 Å². The number of halogens is 3. The van der Waals surface area contributed by atoms with Crippen molar-refractivity contribution in [2.45, 2.75) is 43.7 Å². The molecule has 3 aromatic carbocycles. The highest BCUT2D eigenvalue weighted by Crippen LogP contribution is 2.36. The van der Waals surface area contributed by atoms with Gasteiger partial charge in [0.15, 0.2) is 0 Å². The number of fused-ring (bicyclic) bond motifs is 1. The van der Waals surface area contributed by atoms with E-state index in [1.165, 1.54) is 23.1 Å². The van der Waals surface area contributed by atoms with E-state index in [-0.39, 0.29) is 43.6 Å². The SMILES string of the molecule is O=C1CCC(N2Cc3cc(C(=O)N4CCN(C(c5ccccc5)c5ccccc5)CC4C(F)(F)F)ccc3C2=O)C(=O)N1. The molecule has 3 aliphatic rings. The third kappa shape index (κ3) is 5.52. The summed E-state index contributed by atoms with van der Waals surface area (Å²) in [6.07, 6.45) is -4.40. The first-order valence-electron chi connectivity index (χ1n) is 14.1. The molecule has 0 aliphatic carbocycles. The van der Waals surface area contributed by atoms with Crippen molar-refractivity contribution in [2.24, 2.45) is 0 Å². The quantitative estimate of drug-likeness (QED) is 0.455. The van der Waals surface area contributed by atoms with Crippen LogP contribution >= 0.6 is 0 Å². The molecule has 2 saturated heterocycles. The second kappa shape index (κ2) is 11.3. The van der Waals surface area contributed by atoms with Crippen molar-refractivity contribution >= 4 is 23.6 Å². The standard InChI is InChI=1S/C32H29F3N4O4/c33-32(34,35)26-19-37(28(20-7-3-1-4-8-20)21-9-5-2-6-10-21)15-16-38(26)30(42)22-11-12-24-23(17-22)18-39(31(24)43)25-13-14-27(40)36-29(25)41/h1-12,17,25-26,28H,13-16,18-19H2,(H,36,40,41). The second-order valence-electron chi connectivity index (χ2n) is 11.0. The highest BCUT2D eigenvalue weighted by atomic mass is 19.4. The van der Waals surface area contributed by atoms with Gasteiger partial charge in [0.1, 0.15) is 12.1 Å². The highest BCUT2D eigenvalue weighted by Gasteiger charge is 2.49. The smallest absolute Gasteiger partial charge is 0.324 e. The Balaban J connectivity index is 1.24. The Bertz CT molecular complexity index is 1520. The maximum Gasteiger partial charge on any atom is 0.410 e. The predicted octanol–water partition coefficient (Wildman–Crippen LogP) is 3.93. The van der Waals surface area contributed by atoms with Gasteiger partial charge in [0.2, 0.25) is 11.8 Å². The number of rotatable bonds is 5. The molecule has 3 aromatic rings. The van der Waals surface area contributed by atoms with Crippen molar-refractivity contribution in [3.8, 4) is 0 Å². The summed E-state index contributed by atoms with van der Waals surface area (Å²) in [6.45, 7) is -0.304. The molecule has 0 spiro atoms.